The summed E-state index contributed by atoms with van der Waals surface area (Å²) in [5.41, 5.74) is 1.87. The molecule has 13 nitrogen and oxygen atoms in total. The summed E-state index contributed by atoms with van der Waals surface area (Å²) in [5, 5.41) is 41.2. The smallest absolute Gasteiger partial charge is 0.296 e. The molecule has 7 N–H and O–H groups in total. The monoisotopic (exact) mass is 693 g/mol. The molecule has 0 bridgehead atoms. The Morgan fingerprint density at radius 1 is 0.689 bits per heavy atom. The molecule has 5 aromatic rings. The first-order valence-corrected chi connectivity index (χ1v) is 15.6. The summed E-state index contributed by atoms with van der Waals surface area (Å²) in [5.74, 6) is -0.927. The Morgan fingerprint density at radius 3 is 2.00 bits per heavy atom. The number of aryl methyl sites for hydroxylation is 1. The number of azo groups is 2. The van der Waals surface area contributed by atoms with E-state index in [0.29, 0.717) is 22.3 Å². The van der Waals surface area contributed by atoms with Crippen LogP contribution >= 0.6 is 10.9 Å². The molecular weight excluding hydrogens is 669 g/mol. The fourth-order valence-corrected chi connectivity index (χ4v) is 5.34. The number of phenolic OH excluding ortho intramolecular Hbond substituents is 2. The van der Waals surface area contributed by atoms with Gasteiger partial charge in [-0.25, -0.2) is 0 Å². The van der Waals surface area contributed by atoms with E-state index in [9.17, 15) is 36.8 Å². The molecule has 0 spiro atoms. The zero-order valence-corrected chi connectivity index (χ0v) is 25.7. The van der Waals surface area contributed by atoms with Gasteiger partial charge in [0.1, 0.15) is 32.9 Å². The first kappa shape index (κ1) is 33.5. The van der Waals surface area contributed by atoms with Crippen molar-refractivity contribution in [2.24, 2.45) is 20.5 Å². The Bertz CT molecular complexity index is 2040. The van der Waals surface area contributed by atoms with E-state index in [1.807, 2.05) is 30.3 Å². The van der Waals surface area contributed by atoms with E-state index in [2.05, 4.69) is 25.8 Å². The van der Waals surface area contributed by atoms with Gasteiger partial charge in [0.2, 0.25) is 0 Å². The Morgan fingerprint density at radius 2 is 1.36 bits per heavy atom. The fraction of sp³-hybridized carbons (Fsp3) is 0.0345. The molecule has 0 unspecified atom stereocenters. The van der Waals surface area contributed by atoms with Crippen LogP contribution in [0.2, 0.25) is 0 Å². The largest absolute Gasteiger partial charge is 0.506 e. The predicted molar refractivity (Wildman–Crippen MR) is 167 cm³/mol. The minimum absolute atomic E-state index is 0. The summed E-state index contributed by atoms with van der Waals surface area (Å²) in [7, 11) is -8.71. The van der Waals surface area contributed by atoms with E-state index in [4.69, 9.17) is 0 Å². The van der Waals surface area contributed by atoms with E-state index >= 15 is 0 Å². The normalized spacial score (nSPS) is 12.5. The van der Waals surface area contributed by atoms with Crippen molar-refractivity contribution in [2.45, 2.75) is 16.7 Å². The molecule has 0 heterocycles. The van der Waals surface area contributed by atoms with Gasteiger partial charge < -0.3 is 29.2 Å². The van der Waals surface area contributed by atoms with Crippen molar-refractivity contribution < 1.29 is 53.3 Å². The minimum atomic E-state index is -4.86. The summed E-state index contributed by atoms with van der Waals surface area (Å²) >= 11 is 0. The van der Waals surface area contributed by atoms with E-state index < -0.39 is 37.3 Å². The van der Waals surface area contributed by atoms with Gasteiger partial charge in [-0.3, -0.25) is 4.55 Å². The van der Waals surface area contributed by atoms with Crippen LogP contribution < -0.4 is 5.32 Å². The molecule has 5 aromatic carbocycles. The Hall–Kier alpha value is -4.41. The van der Waals surface area contributed by atoms with Gasteiger partial charge in [-0.15, -0.1) is 10.2 Å². The minimum Gasteiger partial charge on any atom is -0.506 e. The second-order valence-electron chi connectivity index (χ2n) is 9.51. The SMILES string of the molecule is Cc1cc(N=Nc2c(S(=O)(=O)O)cc3cc(Nc4ccccc4)ccc3c2O)c(O)cc1N=Nc1ccc(S(O)(O)O)cc1.[Ni]. The first-order valence-electron chi connectivity index (χ1n) is 12.7. The zero-order chi connectivity index (χ0) is 31.6. The standard InChI is InChI=1S/C29H25N5O8S2.Ni/c1-17-13-25(26(35)16-24(17)32-31-20-7-10-22(11-8-20)43(37,38)39)33-34-28-27(44(40,41)42)15-18-14-21(9-12-23(18)29(28)36)30-19-5-3-2-4-6-19;/h2-16,30,35-39H,1H3,(H,40,41,42);. The van der Waals surface area contributed by atoms with Gasteiger partial charge in [-0.05, 0) is 84.6 Å². The van der Waals surface area contributed by atoms with Crippen LogP contribution in [0.15, 0.2) is 121 Å². The summed E-state index contributed by atoms with van der Waals surface area (Å²) in [6, 6.07) is 23.3. The van der Waals surface area contributed by atoms with Gasteiger partial charge >= 0.3 is 0 Å². The van der Waals surface area contributed by atoms with E-state index in [1.54, 1.807) is 25.1 Å². The van der Waals surface area contributed by atoms with Crippen LogP contribution in [0.3, 0.4) is 0 Å². The number of aromatic hydroxyl groups is 2. The van der Waals surface area contributed by atoms with Gasteiger partial charge in [-0.2, -0.15) is 18.6 Å². The van der Waals surface area contributed by atoms with Crippen molar-refractivity contribution in [1.29, 1.82) is 0 Å². The molecule has 16 heteroatoms. The van der Waals surface area contributed by atoms with Crippen LogP contribution in [-0.4, -0.2) is 36.8 Å². The third-order valence-corrected chi connectivity index (χ3v) is 8.14. The van der Waals surface area contributed by atoms with Crippen molar-refractivity contribution in [3.63, 3.8) is 0 Å². The molecule has 45 heavy (non-hydrogen) atoms. The molecule has 0 atom stereocenters. The molecule has 0 amide bonds. The maximum Gasteiger partial charge on any atom is 0.296 e. The molecule has 0 saturated carbocycles. The maximum atomic E-state index is 12.3. The maximum absolute atomic E-state index is 12.3. The van der Waals surface area contributed by atoms with Crippen molar-refractivity contribution in [1.82, 2.24) is 0 Å². The van der Waals surface area contributed by atoms with Crippen LogP contribution in [0, 0.1) is 6.92 Å². The topological polar surface area (TPSA) is 217 Å². The molecule has 0 aliphatic rings. The second kappa shape index (κ2) is 13.3. The van der Waals surface area contributed by atoms with Crippen LogP contribution in [0.25, 0.3) is 10.8 Å². The average Bonchev–Trinajstić information content (AvgIpc) is 2.97. The quantitative estimate of drug-likeness (QED) is 0.0468. The van der Waals surface area contributed by atoms with E-state index in [0.717, 1.165) is 5.69 Å². The van der Waals surface area contributed by atoms with Gasteiger partial charge in [0.05, 0.1) is 16.3 Å². The average molecular weight is 694 g/mol. The summed E-state index contributed by atoms with van der Waals surface area (Å²) < 4.78 is 62.4. The van der Waals surface area contributed by atoms with Crippen molar-refractivity contribution in [2.75, 3.05) is 5.32 Å². The number of hydrogen-bond donors (Lipinski definition) is 7. The number of phenols is 2. The van der Waals surface area contributed by atoms with E-state index in [1.165, 1.54) is 42.5 Å². The fourth-order valence-electron chi connectivity index (χ4n) is 4.18. The van der Waals surface area contributed by atoms with Crippen LogP contribution in [0.1, 0.15) is 5.56 Å². The number of para-hydroxylation sites is 1. The van der Waals surface area contributed by atoms with Crippen LogP contribution in [0.5, 0.6) is 11.5 Å². The van der Waals surface area contributed by atoms with Crippen molar-refractivity contribution in [3.05, 3.63) is 96.6 Å². The molecule has 0 aliphatic carbocycles. The predicted octanol–water partition coefficient (Wildman–Crippen LogP) is 8.96. The summed E-state index contributed by atoms with van der Waals surface area (Å²) in [6.45, 7) is 1.65. The first-order chi connectivity index (χ1) is 20.8. The number of rotatable bonds is 8. The van der Waals surface area contributed by atoms with Crippen molar-refractivity contribution >= 4 is 65.9 Å². The van der Waals surface area contributed by atoms with Gasteiger partial charge in [0.25, 0.3) is 10.1 Å². The Labute approximate surface area is 268 Å². The van der Waals surface area contributed by atoms with Crippen molar-refractivity contribution in [3.8, 4) is 11.5 Å². The summed E-state index contributed by atoms with van der Waals surface area (Å²) in [4.78, 5) is -0.766. The van der Waals surface area contributed by atoms with Crippen LogP contribution in [-0.2, 0) is 26.6 Å². The van der Waals surface area contributed by atoms with E-state index in [-0.39, 0.29) is 43.9 Å². The number of benzene rings is 5. The summed E-state index contributed by atoms with van der Waals surface area (Å²) in [6.07, 6.45) is 0. The number of anilines is 2. The van der Waals surface area contributed by atoms with Crippen LogP contribution in [0.4, 0.5) is 34.1 Å². The number of nitrogens with zero attached hydrogens (tertiary/aromatic N) is 4. The second-order valence-corrected chi connectivity index (χ2v) is 12.4. The van der Waals surface area contributed by atoms with Gasteiger partial charge in [0.15, 0.2) is 5.75 Å². The molecule has 0 radical (unpaired) electrons. The number of nitrogens with one attached hydrogen (secondary N) is 1. The van der Waals surface area contributed by atoms with Gasteiger partial charge in [0, 0.05) is 39.3 Å². The molecule has 0 fully saturated rings. The molecule has 236 valence electrons. The third-order valence-electron chi connectivity index (χ3n) is 6.37. The number of fused-ring (bicyclic) bond motifs is 1. The van der Waals surface area contributed by atoms with Gasteiger partial charge in [-0.1, -0.05) is 18.2 Å². The zero-order valence-electron chi connectivity index (χ0n) is 23.1. The Kier molecular flexibility index (Phi) is 9.90. The molecular formula is C29H25N5NiO8S2. The molecule has 0 aliphatic heterocycles. The molecule has 0 aromatic heterocycles. The third kappa shape index (κ3) is 7.82. The Balaban J connectivity index is 0.00000461. The molecule has 0 saturated heterocycles. The number of hydrogen-bond acceptors (Lipinski definition) is 12. The molecule has 5 rings (SSSR count).